The molecule has 0 radical (unpaired) electrons. The second kappa shape index (κ2) is 7.52. The fourth-order valence-electron chi connectivity index (χ4n) is 2.42. The minimum Gasteiger partial charge on any atom is -1.00 e. The Labute approximate surface area is 138 Å². The van der Waals surface area contributed by atoms with Gasteiger partial charge in [-0.1, -0.05) is 44.2 Å². The predicted molar refractivity (Wildman–Crippen MR) is 83.6 cm³/mol. The molecule has 1 aliphatic heterocycles. The lowest BCUT2D eigenvalue weighted by Gasteiger charge is -2.08. The van der Waals surface area contributed by atoms with Gasteiger partial charge in [-0.2, -0.15) is 0 Å². The highest BCUT2D eigenvalue weighted by molar-refractivity contribution is 5.44. The minimum atomic E-state index is 0. The summed E-state index contributed by atoms with van der Waals surface area (Å²) in [5, 5.41) is 3.46. The van der Waals surface area contributed by atoms with Crippen molar-refractivity contribution in [3.05, 3.63) is 59.2 Å². The molecular formula is C18H21ClNO2-. The molecular weight excluding hydrogens is 298 g/mol. The molecule has 0 amide bonds. The van der Waals surface area contributed by atoms with Gasteiger partial charge in [0.05, 0.1) is 0 Å². The lowest BCUT2D eigenvalue weighted by molar-refractivity contribution is -0.00000597. The first-order valence-corrected chi connectivity index (χ1v) is 7.40. The third kappa shape index (κ3) is 3.93. The number of fused-ring (bicyclic) bond motifs is 1. The maximum absolute atomic E-state index is 5.39. The van der Waals surface area contributed by atoms with Crippen LogP contribution in [-0.4, -0.2) is 6.79 Å². The van der Waals surface area contributed by atoms with Gasteiger partial charge in [-0.3, -0.25) is 0 Å². The molecule has 0 spiro atoms. The molecule has 0 bridgehead atoms. The van der Waals surface area contributed by atoms with Gasteiger partial charge in [0.2, 0.25) is 6.79 Å². The highest BCUT2D eigenvalue weighted by Gasteiger charge is 2.12. The highest BCUT2D eigenvalue weighted by Crippen LogP contribution is 2.32. The van der Waals surface area contributed by atoms with Crippen LogP contribution in [0.4, 0.5) is 0 Å². The number of hydrogen-bond acceptors (Lipinski definition) is 3. The topological polar surface area (TPSA) is 30.5 Å². The summed E-state index contributed by atoms with van der Waals surface area (Å²) in [7, 11) is 0. The van der Waals surface area contributed by atoms with Crippen molar-refractivity contribution in [2.45, 2.75) is 32.9 Å². The lowest BCUT2D eigenvalue weighted by Crippen LogP contribution is -3.00. The van der Waals surface area contributed by atoms with Crippen molar-refractivity contribution in [3.8, 4) is 11.5 Å². The van der Waals surface area contributed by atoms with Crippen LogP contribution in [0.15, 0.2) is 42.5 Å². The van der Waals surface area contributed by atoms with E-state index < -0.39 is 0 Å². The Bertz CT molecular complexity index is 611. The van der Waals surface area contributed by atoms with Gasteiger partial charge in [0.15, 0.2) is 11.5 Å². The molecule has 3 rings (SSSR count). The molecule has 0 aliphatic carbocycles. The molecule has 4 heteroatoms. The van der Waals surface area contributed by atoms with Crippen LogP contribution < -0.4 is 27.2 Å². The minimum absolute atomic E-state index is 0. The molecule has 0 saturated carbocycles. The van der Waals surface area contributed by atoms with E-state index in [2.05, 4.69) is 49.5 Å². The molecule has 3 nitrogen and oxygen atoms in total. The van der Waals surface area contributed by atoms with Crippen molar-refractivity contribution in [2.24, 2.45) is 0 Å². The zero-order valence-corrected chi connectivity index (χ0v) is 13.7. The van der Waals surface area contributed by atoms with E-state index in [0.29, 0.717) is 12.7 Å². The summed E-state index contributed by atoms with van der Waals surface area (Å²) in [6, 6.07) is 14.9. The summed E-state index contributed by atoms with van der Waals surface area (Å²) in [5.74, 6) is 2.26. The van der Waals surface area contributed by atoms with E-state index in [1.165, 1.54) is 16.7 Å². The van der Waals surface area contributed by atoms with Crippen molar-refractivity contribution in [1.29, 1.82) is 0 Å². The fraction of sp³-hybridized carbons (Fsp3) is 0.333. The summed E-state index contributed by atoms with van der Waals surface area (Å²) in [6.45, 7) is 6.45. The Morgan fingerprint density at radius 1 is 0.909 bits per heavy atom. The Kier molecular flexibility index (Phi) is 5.69. The maximum atomic E-state index is 5.39. The molecule has 1 heterocycles. The third-order valence-electron chi connectivity index (χ3n) is 3.74. The number of halogens is 1. The van der Waals surface area contributed by atoms with Gasteiger partial charge < -0.3 is 27.2 Å². The van der Waals surface area contributed by atoms with E-state index in [1.54, 1.807) is 0 Å². The van der Waals surface area contributed by atoms with E-state index in [9.17, 15) is 0 Å². The standard InChI is InChI=1S/C18H21NO2.ClH/c1-13(2)16-6-3-14(4-7-16)10-19-11-15-5-8-17-18(9-15)21-12-20-17;/h3-9,13,19H,10-12H2,1-2H3;1H/p-1. The third-order valence-corrected chi connectivity index (χ3v) is 3.74. The molecule has 22 heavy (non-hydrogen) atoms. The van der Waals surface area contributed by atoms with Gasteiger partial charge in [0.1, 0.15) is 0 Å². The summed E-state index contributed by atoms with van der Waals surface area (Å²) in [6.07, 6.45) is 0. The zero-order chi connectivity index (χ0) is 14.7. The van der Waals surface area contributed by atoms with Gasteiger partial charge in [-0.25, -0.2) is 0 Å². The van der Waals surface area contributed by atoms with Crippen molar-refractivity contribution < 1.29 is 21.9 Å². The number of benzene rings is 2. The number of nitrogens with one attached hydrogen (secondary N) is 1. The number of rotatable bonds is 5. The van der Waals surface area contributed by atoms with Gasteiger partial charge in [-0.05, 0) is 34.7 Å². The average Bonchev–Trinajstić information content (AvgIpc) is 2.95. The Balaban J connectivity index is 0.00000176. The molecule has 2 aromatic carbocycles. The normalized spacial score (nSPS) is 12.3. The second-order valence-corrected chi connectivity index (χ2v) is 5.69. The van der Waals surface area contributed by atoms with Crippen molar-refractivity contribution in [1.82, 2.24) is 5.32 Å². The van der Waals surface area contributed by atoms with Crippen LogP contribution in [0, 0.1) is 0 Å². The van der Waals surface area contributed by atoms with E-state index in [1.807, 2.05) is 12.1 Å². The van der Waals surface area contributed by atoms with Crippen LogP contribution >= 0.6 is 0 Å². The van der Waals surface area contributed by atoms with E-state index in [4.69, 9.17) is 9.47 Å². The largest absolute Gasteiger partial charge is 1.00 e. The van der Waals surface area contributed by atoms with Crippen molar-refractivity contribution in [2.75, 3.05) is 6.79 Å². The van der Waals surface area contributed by atoms with Gasteiger partial charge in [-0.15, -0.1) is 0 Å². The van der Waals surface area contributed by atoms with Crippen molar-refractivity contribution >= 4 is 0 Å². The molecule has 118 valence electrons. The first-order valence-electron chi connectivity index (χ1n) is 7.40. The summed E-state index contributed by atoms with van der Waals surface area (Å²) in [4.78, 5) is 0. The molecule has 0 saturated heterocycles. The van der Waals surface area contributed by atoms with Crippen LogP contribution in [-0.2, 0) is 13.1 Å². The van der Waals surface area contributed by atoms with Gasteiger partial charge >= 0.3 is 0 Å². The van der Waals surface area contributed by atoms with Crippen LogP contribution in [0.2, 0.25) is 0 Å². The van der Waals surface area contributed by atoms with E-state index in [0.717, 1.165) is 24.6 Å². The molecule has 2 aromatic rings. The highest BCUT2D eigenvalue weighted by atomic mass is 35.5. The summed E-state index contributed by atoms with van der Waals surface area (Å²) in [5.41, 5.74) is 3.90. The summed E-state index contributed by atoms with van der Waals surface area (Å²) < 4.78 is 10.7. The number of hydrogen-bond donors (Lipinski definition) is 1. The maximum Gasteiger partial charge on any atom is 0.231 e. The smallest absolute Gasteiger partial charge is 0.231 e. The monoisotopic (exact) mass is 318 g/mol. The van der Waals surface area contributed by atoms with Crippen molar-refractivity contribution in [3.63, 3.8) is 0 Å². The van der Waals surface area contributed by atoms with Crippen LogP contribution in [0.3, 0.4) is 0 Å². The van der Waals surface area contributed by atoms with E-state index in [-0.39, 0.29) is 12.4 Å². The first-order chi connectivity index (χ1) is 10.2. The molecule has 0 unspecified atom stereocenters. The van der Waals surface area contributed by atoms with Crippen LogP contribution in [0.1, 0.15) is 36.5 Å². The lowest BCUT2D eigenvalue weighted by atomic mass is 10.0. The number of ether oxygens (including phenoxy) is 2. The molecule has 0 fully saturated rings. The zero-order valence-electron chi connectivity index (χ0n) is 12.9. The average molecular weight is 319 g/mol. The Morgan fingerprint density at radius 2 is 1.55 bits per heavy atom. The molecule has 1 aliphatic rings. The van der Waals surface area contributed by atoms with E-state index >= 15 is 0 Å². The second-order valence-electron chi connectivity index (χ2n) is 5.69. The fourth-order valence-corrected chi connectivity index (χ4v) is 2.42. The Morgan fingerprint density at radius 3 is 2.27 bits per heavy atom. The van der Waals surface area contributed by atoms with Crippen LogP contribution in [0.5, 0.6) is 11.5 Å². The molecule has 1 N–H and O–H groups in total. The first kappa shape index (κ1) is 16.7. The predicted octanol–water partition coefficient (Wildman–Crippen LogP) is 0.833. The Hall–Kier alpha value is -1.71. The summed E-state index contributed by atoms with van der Waals surface area (Å²) >= 11 is 0. The van der Waals surface area contributed by atoms with Gasteiger partial charge in [0, 0.05) is 13.1 Å². The SMILES string of the molecule is CC(C)c1ccc(CNCc2ccc3c(c2)OCO3)cc1.[Cl-]. The molecule has 0 aromatic heterocycles. The van der Waals surface area contributed by atoms with Gasteiger partial charge in [0.25, 0.3) is 0 Å². The van der Waals surface area contributed by atoms with Crippen LogP contribution in [0.25, 0.3) is 0 Å². The molecule has 0 atom stereocenters. The quantitative estimate of drug-likeness (QED) is 0.886.